The standard InChI is InChI=1S/C18H23NO2/c20-17-8-7-15-10-19(11-16(15)17)18(21)14-6-5-12-3-1-2-4-13(12)9-14/h5-6,9,15-17,20H,1-4,7-8,10-11H2. The van der Waals surface area contributed by atoms with Gasteiger partial charge in [0.05, 0.1) is 6.10 Å². The van der Waals surface area contributed by atoms with Crippen LogP contribution in [0.2, 0.25) is 0 Å². The van der Waals surface area contributed by atoms with Gasteiger partial charge in [-0.05, 0) is 67.7 Å². The summed E-state index contributed by atoms with van der Waals surface area (Å²) in [5.41, 5.74) is 3.63. The lowest BCUT2D eigenvalue weighted by atomic mass is 9.90. The molecule has 3 aliphatic rings. The molecule has 1 aromatic rings. The first kappa shape index (κ1) is 13.3. The molecule has 1 aliphatic heterocycles. The summed E-state index contributed by atoms with van der Waals surface area (Å²) in [5, 5.41) is 9.99. The second-order valence-electron chi connectivity index (χ2n) is 6.97. The molecule has 2 aliphatic carbocycles. The number of benzene rings is 1. The molecule has 0 radical (unpaired) electrons. The maximum absolute atomic E-state index is 12.7. The van der Waals surface area contributed by atoms with Gasteiger partial charge in [0.25, 0.3) is 5.91 Å². The molecule has 3 unspecified atom stereocenters. The van der Waals surface area contributed by atoms with Crippen molar-refractivity contribution < 1.29 is 9.90 Å². The Kier molecular flexibility index (Phi) is 3.26. The number of amides is 1. The highest BCUT2D eigenvalue weighted by atomic mass is 16.3. The maximum Gasteiger partial charge on any atom is 0.253 e. The van der Waals surface area contributed by atoms with E-state index in [4.69, 9.17) is 0 Å². The van der Waals surface area contributed by atoms with E-state index in [1.54, 1.807) is 0 Å². The second-order valence-corrected chi connectivity index (χ2v) is 6.97. The third kappa shape index (κ3) is 2.28. The fourth-order valence-electron chi connectivity index (χ4n) is 4.45. The molecule has 1 aromatic carbocycles. The summed E-state index contributed by atoms with van der Waals surface area (Å²) < 4.78 is 0. The molecule has 1 saturated heterocycles. The van der Waals surface area contributed by atoms with Crippen LogP contribution in [0.15, 0.2) is 18.2 Å². The number of aryl methyl sites for hydroxylation is 2. The number of nitrogens with zero attached hydrogens (tertiary/aromatic N) is 1. The van der Waals surface area contributed by atoms with Crippen LogP contribution in [0.25, 0.3) is 0 Å². The van der Waals surface area contributed by atoms with Gasteiger partial charge in [-0.3, -0.25) is 4.79 Å². The average Bonchev–Trinajstić information content (AvgIpc) is 3.08. The van der Waals surface area contributed by atoms with E-state index in [-0.39, 0.29) is 12.0 Å². The summed E-state index contributed by atoms with van der Waals surface area (Å²) in [4.78, 5) is 14.7. The Labute approximate surface area is 126 Å². The second kappa shape index (κ2) is 5.13. The molecule has 3 nitrogen and oxygen atoms in total. The van der Waals surface area contributed by atoms with Crippen molar-refractivity contribution in [3.8, 4) is 0 Å². The topological polar surface area (TPSA) is 40.5 Å². The number of hydrogen-bond acceptors (Lipinski definition) is 2. The van der Waals surface area contributed by atoms with Crippen molar-refractivity contribution in [3.05, 3.63) is 34.9 Å². The van der Waals surface area contributed by atoms with Gasteiger partial charge < -0.3 is 10.0 Å². The average molecular weight is 285 g/mol. The van der Waals surface area contributed by atoms with Gasteiger partial charge in [-0.15, -0.1) is 0 Å². The van der Waals surface area contributed by atoms with Gasteiger partial charge in [0.2, 0.25) is 0 Å². The lowest BCUT2D eigenvalue weighted by molar-refractivity contribution is 0.0752. The number of carbonyl (C=O) groups is 1. The van der Waals surface area contributed by atoms with Crippen LogP contribution in [0.3, 0.4) is 0 Å². The van der Waals surface area contributed by atoms with Crippen LogP contribution in [-0.4, -0.2) is 35.1 Å². The van der Waals surface area contributed by atoms with E-state index in [0.717, 1.165) is 44.3 Å². The minimum atomic E-state index is -0.198. The molecule has 4 rings (SSSR count). The van der Waals surface area contributed by atoms with Crippen molar-refractivity contribution in [2.45, 2.75) is 44.6 Å². The Morgan fingerprint density at radius 3 is 2.71 bits per heavy atom. The Balaban J connectivity index is 1.53. The van der Waals surface area contributed by atoms with Crippen LogP contribution in [0.4, 0.5) is 0 Å². The monoisotopic (exact) mass is 285 g/mol. The molecule has 1 N–H and O–H groups in total. The van der Waals surface area contributed by atoms with Gasteiger partial charge in [-0.1, -0.05) is 6.07 Å². The fraction of sp³-hybridized carbons (Fsp3) is 0.611. The highest BCUT2D eigenvalue weighted by Gasteiger charge is 2.43. The third-order valence-corrected chi connectivity index (χ3v) is 5.70. The summed E-state index contributed by atoms with van der Waals surface area (Å²) in [6.07, 6.45) is 6.56. The van der Waals surface area contributed by atoms with Gasteiger partial charge in [-0.2, -0.15) is 0 Å². The van der Waals surface area contributed by atoms with Crippen LogP contribution in [0.5, 0.6) is 0 Å². The number of aliphatic hydroxyl groups excluding tert-OH is 1. The molecule has 3 atom stereocenters. The molecule has 1 saturated carbocycles. The molecule has 1 heterocycles. The SMILES string of the molecule is O=C(c1ccc2c(c1)CCCC2)N1CC2CCC(O)C2C1. The number of hydrogen-bond donors (Lipinski definition) is 1. The summed E-state index contributed by atoms with van der Waals surface area (Å²) in [6.45, 7) is 1.57. The molecule has 0 aromatic heterocycles. The minimum absolute atomic E-state index is 0.157. The predicted octanol–water partition coefficient (Wildman–Crippen LogP) is 2.41. The lowest BCUT2D eigenvalue weighted by Gasteiger charge is -2.21. The molecule has 2 fully saturated rings. The quantitative estimate of drug-likeness (QED) is 0.861. The van der Waals surface area contributed by atoms with Crippen molar-refractivity contribution in [1.82, 2.24) is 4.90 Å². The lowest BCUT2D eigenvalue weighted by Crippen LogP contribution is -2.31. The minimum Gasteiger partial charge on any atom is -0.393 e. The van der Waals surface area contributed by atoms with Gasteiger partial charge in [-0.25, -0.2) is 0 Å². The van der Waals surface area contributed by atoms with Crippen LogP contribution in [-0.2, 0) is 12.8 Å². The van der Waals surface area contributed by atoms with Crippen molar-refractivity contribution in [3.63, 3.8) is 0 Å². The molecule has 21 heavy (non-hydrogen) atoms. The van der Waals surface area contributed by atoms with E-state index in [1.807, 2.05) is 11.0 Å². The summed E-state index contributed by atoms with van der Waals surface area (Å²) in [6, 6.07) is 6.26. The molecule has 0 spiro atoms. The zero-order chi connectivity index (χ0) is 14.4. The first-order valence-electron chi connectivity index (χ1n) is 8.31. The van der Waals surface area contributed by atoms with Crippen molar-refractivity contribution in [1.29, 1.82) is 0 Å². The third-order valence-electron chi connectivity index (χ3n) is 5.70. The predicted molar refractivity (Wildman–Crippen MR) is 81.2 cm³/mol. The van der Waals surface area contributed by atoms with E-state index in [1.165, 1.54) is 24.0 Å². The molecular weight excluding hydrogens is 262 g/mol. The molecular formula is C18H23NO2. The van der Waals surface area contributed by atoms with Gasteiger partial charge in [0.1, 0.15) is 0 Å². The number of aliphatic hydroxyl groups is 1. The Bertz CT molecular complexity index is 568. The Morgan fingerprint density at radius 2 is 1.90 bits per heavy atom. The van der Waals surface area contributed by atoms with Gasteiger partial charge in [0.15, 0.2) is 0 Å². The van der Waals surface area contributed by atoms with E-state index < -0.39 is 0 Å². The van der Waals surface area contributed by atoms with E-state index in [0.29, 0.717) is 11.8 Å². The number of rotatable bonds is 1. The van der Waals surface area contributed by atoms with Gasteiger partial charge >= 0.3 is 0 Å². The van der Waals surface area contributed by atoms with Crippen LogP contribution in [0, 0.1) is 11.8 Å². The number of carbonyl (C=O) groups excluding carboxylic acids is 1. The molecule has 1 amide bonds. The summed E-state index contributed by atoms with van der Waals surface area (Å²) >= 11 is 0. The van der Waals surface area contributed by atoms with Crippen LogP contribution < -0.4 is 0 Å². The zero-order valence-corrected chi connectivity index (χ0v) is 12.4. The smallest absolute Gasteiger partial charge is 0.253 e. The number of fused-ring (bicyclic) bond motifs is 2. The summed E-state index contributed by atoms with van der Waals surface area (Å²) in [5.74, 6) is 0.984. The molecule has 3 heteroatoms. The molecule has 112 valence electrons. The maximum atomic E-state index is 12.7. The summed E-state index contributed by atoms with van der Waals surface area (Å²) in [7, 11) is 0. The van der Waals surface area contributed by atoms with E-state index in [9.17, 15) is 9.90 Å². The van der Waals surface area contributed by atoms with E-state index in [2.05, 4.69) is 12.1 Å². The van der Waals surface area contributed by atoms with Crippen molar-refractivity contribution >= 4 is 5.91 Å². The van der Waals surface area contributed by atoms with E-state index >= 15 is 0 Å². The highest BCUT2D eigenvalue weighted by molar-refractivity contribution is 5.94. The van der Waals surface area contributed by atoms with Crippen molar-refractivity contribution in [2.75, 3.05) is 13.1 Å². The first-order chi connectivity index (χ1) is 10.2. The Morgan fingerprint density at radius 1 is 1.10 bits per heavy atom. The highest BCUT2D eigenvalue weighted by Crippen LogP contribution is 2.38. The zero-order valence-electron chi connectivity index (χ0n) is 12.4. The number of likely N-dealkylation sites (tertiary alicyclic amines) is 1. The largest absolute Gasteiger partial charge is 0.393 e. The Hall–Kier alpha value is -1.35. The molecule has 0 bridgehead atoms. The van der Waals surface area contributed by atoms with Gasteiger partial charge in [0, 0.05) is 24.6 Å². The normalized spacial score (nSPS) is 31.1. The van der Waals surface area contributed by atoms with Crippen LogP contribution >= 0.6 is 0 Å². The fourth-order valence-corrected chi connectivity index (χ4v) is 4.45. The van der Waals surface area contributed by atoms with Crippen LogP contribution in [0.1, 0.15) is 47.2 Å². The first-order valence-corrected chi connectivity index (χ1v) is 8.31. The van der Waals surface area contributed by atoms with Crippen molar-refractivity contribution in [2.24, 2.45) is 11.8 Å².